The maximum atomic E-state index is 8.44. The summed E-state index contributed by atoms with van der Waals surface area (Å²) in [6.07, 6.45) is 0. The van der Waals surface area contributed by atoms with Gasteiger partial charge in [-0.3, -0.25) is 0 Å². The zero-order chi connectivity index (χ0) is 9.56. The Hall–Kier alpha value is -0.357. The summed E-state index contributed by atoms with van der Waals surface area (Å²) < 4.78 is 0. The third-order valence-corrected chi connectivity index (χ3v) is 1.37. The Labute approximate surface area is 107 Å². The first kappa shape index (κ1) is 19.3. The second-order valence-corrected chi connectivity index (χ2v) is 2.11. The van der Waals surface area contributed by atoms with E-state index in [4.69, 9.17) is 11.1 Å². The molecule has 0 aliphatic carbocycles. The molecule has 0 spiro atoms. The first-order valence-electron chi connectivity index (χ1n) is 3.66. The fraction of sp³-hybridized carbons (Fsp3) is 0.250. The Kier molecular flexibility index (Phi) is 14.7. The first-order valence-corrected chi connectivity index (χ1v) is 6.63. The van der Waals surface area contributed by atoms with Crippen molar-refractivity contribution in [3.05, 3.63) is 28.7 Å². The molecular weight excluding hydrogens is 274 g/mol. The molecule has 0 bridgehead atoms. The summed E-state index contributed by atoms with van der Waals surface area (Å²) in [4.78, 5) is 3.04. The van der Waals surface area contributed by atoms with Crippen LogP contribution in [0.2, 0.25) is 5.52 Å². The molecule has 0 radical (unpaired) electrons. The van der Waals surface area contributed by atoms with Crippen LogP contribution in [-0.4, -0.2) is 0 Å². The van der Waals surface area contributed by atoms with E-state index in [1.807, 2.05) is 19.1 Å². The van der Waals surface area contributed by atoms with Gasteiger partial charge in [-0.1, -0.05) is 12.1 Å². The summed E-state index contributed by atoms with van der Waals surface area (Å²) in [5, 5.41) is 8.44. The number of benzene rings is 1. The van der Waals surface area contributed by atoms with Crippen molar-refractivity contribution >= 4 is 11.4 Å². The first-order chi connectivity index (χ1) is 5.75. The van der Waals surface area contributed by atoms with E-state index in [2.05, 4.69) is 10.5 Å². The van der Waals surface area contributed by atoms with Crippen LogP contribution in [0.4, 0.5) is 11.4 Å². The van der Waals surface area contributed by atoms with Gasteiger partial charge in [-0.05, 0) is 13.0 Å². The minimum absolute atomic E-state index is 0. The molecule has 6 heteroatoms. The Morgan fingerprint density at radius 3 is 2.07 bits per heavy atom. The molecule has 0 heterocycles. The minimum atomic E-state index is 0. The number of nitrogens with two attached hydrogens (primary N) is 1. The van der Waals surface area contributed by atoms with Crippen molar-refractivity contribution in [1.82, 2.24) is 0 Å². The Morgan fingerprint density at radius 1 is 1.29 bits per heavy atom. The fourth-order valence-electron chi connectivity index (χ4n) is 0.818. The molecule has 0 aliphatic rings. The zero-order valence-corrected chi connectivity index (χ0v) is 12.6. The van der Waals surface area contributed by atoms with E-state index in [1.165, 1.54) is 18.3 Å². The van der Waals surface area contributed by atoms with Crippen molar-refractivity contribution in [2.75, 3.05) is 5.73 Å². The third kappa shape index (κ3) is 5.39. The normalized spacial score (nSPS) is 6.79. The molecule has 0 unspecified atom stereocenters. The number of nitrogens with zero attached hydrogens (tertiary/aromatic N) is 2. The molecule has 0 saturated carbocycles. The van der Waals surface area contributed by atoms with Gasteiger partial charge in [0, 0.05) is 5.56 Å². The summed E-state index contributed by atoms with van der Waals surface area (Å²) >= 11 is 1.38. The van der Waals surface area contributed by atoms with Crippen LogP contribution in [0.15, 0.2) is 18.2 Å². The van der Waals surface area contributed by atoms with Crippen LogP contribution in [0.3, 0.4) is 0 Å². The number of aryl methyl sites for hydroxylation is 1. The number of nitrogen functional groups attached to an aromatic ring is 1. The van der Waals surface area contributed by atoms with Gasteiger partial charge in [0.05, 0.1) is 0 Å². The van der Waals surface area contributed by atoms with Crippen LogP contribution >= 0.6 is 0 Å². The second-order valence-electron chi connectivity index (χ2n) is 2.11. The predicted octanol–water partition coefficient (Wildman–Crippen LogP) is -3.35. The standard InChI is InChI=1S/C7H8N3.CH3.2ClH.Zn/c1-5-3-2-4-6(8)7(5)10-9;;;;/h2-4H,8H2,1H3;1H3;2*1H;/q+1;;;;+1/p-2. The summed E-state index contributed by atoms with van der Waals surface area (Å²) in [5.74, 6) is 0. The number of hydrogen-bond acceptors (Lipinski definition) is 2. The maximum Gasteiger partial charge on any atom is -1.00 e. The minimum Gasteiger partial charge on any atom is -1.00 e. The fourth-order valence-corrected chi connectivity index (χ4v) is 0.818. The molecule has 0 aromatic heterocycles. The SMILES string of the molecule is Cc1cccc(N)c1[N+]#N.[CH3][Zn+].[Cl-].[Cl-]. The molecule has 2 N–H and O–H groups in total. The van der Waals surface area contributed by atoms with Gasteiger partial charge < -0.3 is 30.5 Å². The van der Waals surface area contributed by atoms with Gasteiger partial charge in [-0.15, -0.1) is 0 Å². The molecule has 0 fully saturated rings. The molecular formula is C8H11Cl2N3Zn. The van der Waals surface area contributed by atoms with Crippen LogP contribution in [-0.2, 0) is 18.3 Å². The van der Waals surface area contributed by atoms with Crippen LogP contribution in [0.5, 0.6) is 0 Å². The molecule has 1 aromatic rings. The van der Waals surface area contributed by atoms with Crippen molar-refractivity contribution in [3.8, 4) is 0 Å². The number of halogens is 2. The molecule has 3 nitrogen and oxygen atoms in total. The van der Waals surface area contributed by atoms with E-state index in [-0.39, 0.29) is 24.8 Å². The Bertz CT molecular complexity index is 279. The van der Waals surface area contributed by atoms with Gasteiger partial charge in [-0.25, -0.2) is 0 Å². The number of hydrogen-bond donors (Lipinski definition) is 1. The van der Waals surface area contributed by atoms with Gasteiger partial charge in [0.15, 0.2) is 4.98 Å². The smallest absolute Gasteiger partial charge is 1.00 e. The van der Waals surface area contributed by atoms with Crippen molar-refractivity contribution in [2.24, 2.45) is 0 Å². The largest absolute Gasteiger partial charge is 1.00 e. The monoisotopic (exact) mass is 283 g/mol. The average Bonchev–Trinajstić information content (AvgIpc) is 2.08. The molecule has 1 rings (SSSR count). The molecule has 0 aliphatic heterocycles. The van der Waals surface area contributed by atoms with Gasteiger partial charge >= 0.3 is 29.5 Å². The van der Waals surface area contributed by atoms with E-state index in [0.717, 1.165) is 5.56 Å². The Morgan fingerprint density at radius 2 is 1.79 bits per heavy atom. The summed E-state index contributed by atoms with van der Waals surface area (Å²) in [6.45, 7) is 1.84. The zero-order valence-electron chi connectivity index (χ0n) is 8.17. The van der Waals surface area contributed by atoms with Crippen molar-refractivity contribution in [2.45, 2.75) is 12.4 Å². The molecule has 0 saturated heterocycles. The van der Waals surface area contributed by atoms with E-state index < -0.39 is 0 Å². The van der Waals surface area contributed by atoms with Gasteiger partial charge in [0.1, 0.15) is 5.69 Å². The summed E-state index contributed by atoms with van der Waals surface area (Å²) in [7, 11) is 0. The molecule has 0 atom stereocenters. The molecule has 0 amide bonds. The topological polar surface area (TPSA) is 54.2 Å². The number of anilines is 1. The van der Waals surface area contributed by atoms with Crippen LogP contribution in [0.25, 0.3) is 4.98 Å². The number of rotatable bonds is 0. The van der Waals surface area contributed by atoms with Crippen molar-refractivity contribution in [1.29, 1.82) is 5.39 Å². The Balaban J connectivity index is -0.000000284. The van der Waals surface area contributed by atoms with Gasteiger partial charge in [0.25, 0.3) is 0 Å². The van der Waals surface area contributed by atoms with Gasteiger partial charge in [0.2, 0.25) is 5.39 Å². The molecule has 14 heavy (non-hydrogen) atoms. The number of diazo groups is 1. The maximum absolute atomic E-state index is 8.44. The van der Waals surface area contributed by atoms with E-state index in [1.54, 1.807) is 6.07 Å². The second kappa shape index (κ2) is 10.7. The van der Waals surface area contributed by atoms with E-state index in [9.17, 15) is 0 Å². The van der Waals surface area contributed by atoms with Crippen molar-refractivity contribution in [3.63, 3.8) is 0 Å². The third-order valence-electron chi connectivity index (χ3n) is 1.37. The average molecular weight is 285 g/mol. The summed E-state index contributed by atoms with van der Waals surface area (Å²) in [5.41, 5.74) is 9.44. The van der Waals surface area contributed by atoms with Crippen LogP contribution < -0.4 is 30.5 Å². The predicted molar refractivity (Wildman–Crippen MR) is 46.2 cm³/mol. The van der Waals surface area contributed by atoms with Crippen molar-refractivity contribution < 1.29 is 43.1 Å². The van der Waals surface area contributed by atoms with E-state index >= 15 is 0 Å². The van der Waals surface area contributed by atoms with Crippen LogP contribution in [0.1, 0.15) is 5.56 Å². The molecule has 1 aromatic carbocycles. The van der Waals surface area contributed by atoms with Gasteiger partial charge in [-0.2, -0.15) is 0 Å². The van der Waals surface area contributed by atoms with E-state index in [0.29, 0.717) is 11.4 Å². The van der Waals surface area contributed by atoms with Crippen LogP contribution in [0, 0.1) is 12.3 Å². The summed E-state index contributed by atoms with van der Waals surface area (Å²) in [6, 6.07) is 5.35. The molecule has 74 valence electrons. The quantitative estimate of drug-likeness (QED) is 0.308.